The first-order chi connectivity index (χ1) is 12.5. The van der Waals surface area contributed by atoms with E-state index in [1.54, 1.807) is 19.1 Å². The Morgan fingerprint density at radius 3 is 2.65 bits per heavy atom. The number of amides is 2. The number of halogens is 1. The Morgan fingerprint density at radius 2 is 1.96 bits per heavy atom. The Bertz CT molecular complexity index is 870. The number of piperidine rings is 1. The first-order valence-electron chi connectivity index (χ1n) is 8.42. The standard InChI is InChI=1S/C17H18FN5O3/c1-10-2-3-12(23-19-5-6-20-23)14(15(10)18)16(24)21-7-4-11-8-22(17(25)26)13(11)9-21/h2-3,5-6,11,13H,4,7-9H2,1H3,(H,25,26). The van der Waals surface area contributed by atoms with Gasteiger partial charge in [-0.3, -0.25) is 4.79 Å². The van der Waals surface area contributed by atoms with E-state index in [4.69, 9.17) is 0 Å². The molecule has 2 aromatic rings. The quantitative estimate of drug-likeness (QED) is 0.878. The summed E-state index contributed by atoms with van der Waals surface area (Å²) in [6.45, 7) is 2.85. The van der Waals surface area contributed by atoms with Crippen LogP contribution in [0.1, 0.15) is 22.3 Å². The van der Waals surface area contributed by atoms with Gasteiger partial charge in [0.05, 0.1) is 18.4 Å². The van der Waals surface area contributed by atoms with E-state index in [0.29, 0.717) is 25.1 Å². The van der Waals surface area contributed by atoms with Gasteiger partial charge in [0.2, 0.25) is 0 Å². The number of aryl methyl sites for hydroxylation is 1. The van der Waals surface area contributed by atoms with Gasteiger partial charge in [0, 0.05) is 25.6 Å². The number of benzene rings is 1. The smallest absolute Gasteiger partial charge is 0.407 e. The molecule has 26 heavy (non-hydrogen) atoms. The molecule has 0 saturated carbocycles. The predicted molar refractivity (Wildman–Crippen MR) is 88.6 cm³/mol. The van der Waals surface area contributed by atoms with Crippen molar-refractivity contribution in [2.75, 3.05) is 19.6 Å². The molecule has 0 spiro atoms. The van der Waals surface area contributed by atoms with E-state index in [0.717, 1.165) is 0 Å². The average Bonchev–Trinajstić information content (AvgIpc) is 3.11. The first-order valence-corrected chi connectivity index (χ1v) is 8.42. The predicted octanol–water partition coefficient (Wildman–Crippen LogP) is 1.54. The lowest BCUT2D eigenvalue weighted by molar-refractivity contribution is -0.0244. The number of carboxylic acid groups (broad SMARTS) is 1. The van der Waals surface area contributed by atoms with Crippen molar-refractivity contribution in [3.8, 4) is 5.69 Å². The zero-order valence-electron chi connectivity index (χ0n) is 14.2. The van der Waals surface area contributed by atoms with E-state index in [2.05, 4.69) is 10.2 Å². The number of hydrogen-bond donors (Lipinski definition) is 1. The van der Waals surface area contributed by atoms with Crippen LogP contribution < -0.4 is 0 Å². The van der Waals surface area contributed by atoms with Crippen LogP contribution in [-0.2, 0) is 0 Å². The molecule has 136 valence electrons. The molecule has 1 aromatic carbocycles. The maximum Gasteiger partial charge on any atom is 0.407 e. The molecule has 2 aliphatic rings. The lowest BCUT2D eigenvalue weighted by Gasteiger charge is -2.52. The highest BCUT2D eigenvalue weighted by atomic mass is 19.1. The summed E-state index contributed by atoms with van der Waals surface area (Å²) in [5.41, 5.74) is 0.546. The van der Waals surface area contributed by atoms with Crippen LogP contribution in [0.4, 0.5) is 9.18 Å². The molecule has 2 fully saturated rings. The van der Waals surface area contributed by atoms with Gasteiger partial charge in [-0.1, -0.05) is 6.07 Å². The normalized spacial score (nSPS) is 21.9. The summed E-state index contributed by atoms with van der Waals surface area (Å²) in [4.78, 5) is 28.4. The monoisotopic (exact) mass is 359 g/mol. The Kier molecular flexibility index (Phi) is 3.86. The third-order valence-electron chi connectivity index (χ3n) is 5.25. The number of rotatable bonds is 2. The van der Waals surface area contributed by atoms with Crippen LogP contribution in [0.25, 0.3) is 5.69 Å². The second kappa shape index (κ2) is 6.08. The largest absolute Gasteiger partial charge is 0.465 e. The van der Waals surface area contributed by atoms with Gasteiger partial charge in [-0.15, -0.1) is 0 Å². The molecule has 2 saturated heterocycles. The van der Waals surface area contributed by atoms with Crippen LogP contribution in [0.2, 0.25) is 0 Å². The minimum atomic E-state index is -0.983. The maximum atomic E-state index is 14.8. The average molecular weight is 359 g/mol. The van der Waals surface area contributed by atoms with Crippen molar-refractivity contribution in [2.24, 2.45) is 5.92 Å². The molecule has 2 amide bonds. The van der Waals surface area contributed by atoms with Crippen LogP contribution in [0.5, 0.6) is 0 Å². The van der Waals surface area contributed by atoms with Crippen LogP contribution in [0.3, 0.4) is 0 Å². The van der Waals surface area contributed by atoms with Crippen LogP contribution in [0, 0.1) is 18.7 Å². The second-order valence-corrected chi connectivity index (χ2v) is 6.71. The fourth-order valence-electron chi connectivity index (χ4n) is 3.74. The van der Waals surface area contributed by atoms with E-state index in [-0.39, 0.29) is 29.8 Å². The minimum absolute atomic E-state index is 0.0825. The molecule has 1 aromatic heterocycles. The number of fused-ring (bicyclic) bond motifs is 1. The first kappa shape index (κ1) is 16.5. The Hall–Kier alpha value is -2.97. The van der Waals surface area contributed by atoms with Gasteiger partial charge in [0.25, 0.3) is 5.91 Å². The number of likely N-dealkylation sites (tertiary alicyclic amines) is 2. The summed E-state index contributed by atoms with van der Waals surface area (Å²) in [5.74, 6) is -0.797. The van der Waals surface area contributed by atoms with Crippen LogP contribution in [0.15, 0.2) is 24.5 Å². The molecule has 2 aliphatic heterocycles. The zero-order chi connectivity index (χ0) is 18.4. The Morgan fingerprint density at radius 1 is 1.23 bits per heavy atom. The van der Waals surface area contributed by atoms with Crippen molar-refractivity contribution < 1.29 is 19.1 Å². The number of hydrogen-bond acceptors (Lipinski definition) is 4. The summed E-state index contributed by atoms with van der Waals surface area (Å²) < 4.78 is 14.8. The third-order valence-corrected chi connectivity index (χ3v) is 5.25. The number of nitrogens with zero attached hydrogens (tertiary/aromatic N) is 5. The van der Waals surface area contributed by atoms with Gasteiger partial charge in [-0.05, 0) is 25.0 Å². The SMILES string of the molecule is Cc1ccc(-n2nccn2)c(C(=O)N2CCC3CN(C(=O)O)C3C2)c1F. The highest BCUT2D eigenvalue weighted by Gasteiger charge is 2.46. The molecular formula is C17H18FN5O3. The Labute approximate surface area is 148 Å². The molecule has 3 heterocycles. The van der Waals surface area contributed by atoms with Gasteiger partial charge < -0.3 is 14.9 Å². The van der Waals surface area contributed by atoms with Crippen LogP contribution >= 0.6 is 0 Å². The van der Waals surface area contributed by atoms with Gasteiger partial charge in [-0.25, -0.2) is 9.18 Å². The molecule has 0 aliphatic carbocycles. The molecule has 2 unspecified atom stereocenters. The summed E-state index contributed by atoms with van der Waals surface area (Å²) in [6, 6.07) is 2.98. The van der Waals surface area contributed by atoms with Gasteiger partial charge in [0.1, 0.15) is 17.1 Å². The molecule has 9 heteroatoms. The fourth-order valence-corrected chi connectivity index (χ4v) is 3.74. The van der Waals surface area contributed by atoms with E-state index in [1.807, 2.05) is 0 Å². The van der Waals surface area contributed by atoms with Crippen LogP contribution in [-0.4, -0.2) is 67.6 Å². The van der Waals surface area contributed by atoms with E-state index < -0.39 is 17.8 Å². The van der Waals surface area contributed by atoms with Crippen molar-refractivity contribution in [2.45, 2.75) is 19.4 Å². The fraction of sp³-hybridized carbons (Fsp3) is 0.412. The second-order valence-electron chi connectivity index (χ2n) is 6.71. The highest BCUT2D eigenvalue weighted by Crippen LogP contribution is 2.33. The lowest BCUT2D eigenvalue weighted by Crippen LogP contribution is -2.66. The minimum Gasteiger partial charge on any atom is -0.465 e. The van der Waals surface area contributed by atoms with E-state index in [1.165, 1.54) is 27.0 Å². The van der Waals surface area contributed by atoms with Crippen molar-refractivity contribution in [3.63, 3.8) is 0 Å². The third kappa shape index (κ3) is 2.51. The molecule has 0 radical (unpaired) electrons. The highest BCUT2D eigenvalue weighted by molar-refractivity contribution is 5.98. The molecular weight excluding hydrogens is 341 g/mol. The maximum absolute atomic E-state index is 14.8. The molecule has 1 N–H and O–H groups in total. The number of aromatic nitrogens is 3. The zero-order valence-corrected chi connectivity index (χ0v) is 14.2. The molecule has 4 rings (SSSR count). The summed E-state index contributed by atoms with van der Waals surface area (Å²) in [5, 5.41) is 17.2. The van der Waals surface area contributed by atoms with Gasteiger partial charge in [-0.2, -0.15) is 15.0 Å². The Balaban J connectivity index is 1.66. The summed E-state index contributed by atoms with van der Waals surface area (Å²) >= 11 is 0. The van der Waals surface area contributed by atoms with E-state index >= 15 is 0 Å². The topological polar surface area (TPSA) is 91.6 Å². The van der Waals surface area contributed by atoms with Crippen molar-refractivity contribution in [1.29, 1.82) is 0 Å². The number of carbonyl (C=O) groups is 2. The van der Waals surface area contributed by atoms with Crippen molar-refractivity contribution in [3.05, 3.63) is 41.5 Å². The van der Waals surface area contributed by atoms with Crippen molar-refractivity contribution >= 4 is 12.0 Å². The van der Waals surface area contributed by atoms with Gasteiger partial charge >= 0.3 is 6.09 Å². The molecule has 8 nitrogen and oxygen atoms in total. The van der Waals surface area contributed by atoms with Gasteiger partial charge in [0.15, 0.2) is 0 Å². The molecule has 0 bridgehead atoms. The molecule has 2 atom stereocenters. The number of carbonyl (C=O) groups excluding carboxylic acids is 1. The summed E-state index contributed by atoms with van der Waals surface area (Å²) in [6.07, 6.45) is 2.64. The summed E-state index contributed by atoms with van der Waals surface area (Å²) in [7, 11) is 0. The lowest BCUT2D eigenvalue weighted by atomic mass is 9.82. The van der Waals surface area contributed by atoms with Crippen molar-refractivity contribution in [1.82, 2.24) is 24.8 Å². The van der Waals surface area contributed by atoms with E-state index in [9.17, 15) is 19.1 Å².